The fourth-order valence-corrected chi connectivity index (χ4v) is 2.79. The molecule has 0 bridgehead atoms. The van der Waals surface area contributed by atoms with Gasteiger partial charge in [-0.05, 0) is 54.4 Å². The van der Waals surface area contributed by atoms with Crippen molar-refractivity contribution in [3.05, 3.63) is 84.1 Å². The highest BCUT2D eigenvalue weighted by Crippen LogP contribution is 2.26. The molecule has 0 saturated carbocycles. The molecular formula is C20H20N6O. The molecular weight excluding hydrogens is 340 g/mol. The maximum Gasteiger partial charge on any atom is 0.227 e. The smallest absolute Gasteiger partial charge is 0.227 e. The summed E-state index contributed by atoms with van der Waals surface area (Å²) in [6.45, 7) is 2.66. The van der Waals surface area contributed by atoms with Crippen molar-refractivity contribution in [3.63, 3.8) is 0 Å². The number of nitrogens with zero attached hydrogens (tertiary/aromatic N) is 4. The topological polar surface area (TPSA) is 89.2 Å². The Morgan fingerprint density at radius 3 is 2.78 bits per heavy atom. The molecule has 1 unspecified atom stereocenters. The number of nitrogens with two attached hydrogens (primary N) is 1. The minimum absolute atomic E-state index is 0.551. The number of rotatable bonds is 5. The molecule has 4 heterocycles. The Bertz CT molecular complexity index is 959. The lowest BCUT2D eigenvalue weighted by atomic mass is 10.2. The summed E-state index contributed by atoms with van der Waals surface area (Å²) in [5.74, 6) is 2.07. The second-order valence-corrected chi connectivity index (χ2v) is 6.28. The van der Waals surface area contributed by atoms with Crippen LogP contribution in [0.1, 0.15) is 16.8 Å². The lowest BCUT2D eigenvalue weighted by Crippen LogP contribution is -2.35. The maximum absolute atomic E-state index is 6.12. The average Bonchev–Trinajstić information content (AvgIpc) is 3.03. The van der Waals surface area contributed by atoms with Gasteiger partial charge in [-0.3, -0.25) is 10.7 Å². The van der Waals surface area contributed by atoms with Crippen molar-refractivity contribution < 1.29 is 4.74 Å². The third-order valence-electron chi connectivity index (χ3n) is 4.15. The maximum atomic E-state index is 6.12. The summed E-state index contributed by atoms with van der Waals surface area (Å²) in [6, 6.07) is 13.5. The average molecular weight is 360 g/mol. The van der Waals surface area contributed by atoms with E-state index in [0.717, 1.165) is 16.9 Å². The van der Waals surface area contributed by atoms with Crippen LogP contribution in [0.15, 0.2) is 67.3 Å². The minimum Gasteiger partial charge on any atom is -0.454 e. The quantitative estimate of drug-likeness (QED) is 0.723. The number of hydrogen-bond donors (Lipinski definition) is 2. The molecule has 0 spiro atoms. The van der Waals surface area contributed by atoms with Gasteiger partial charge in [0.15, 0.2) is 5.76 Å². The first-order valence-electron chi connectivity index (χ1n) is 8.63. The fraction of sp³-hybridized carbons (Fsp3) is 0.150. The van der Waals surface area contributed by atoms with Crippen LogP contribution in [0.3, 0.4) is 0 Å². The van der Waals surface area contributed by atoms with E-state index in [1.807, 2.05) is 60.5 Å². The van der Waals surface area contributed by atoms with Crippen molar-refractivity contribution in [3.8, 4) is 0 Å². The molecule has 0 saturated heterocycles. The predicted octanol–water partition coefficient (Wildman–Crippen LogP) is 3.00. The second-order valence-electron chi connectivity index (χ2n) is 6.28. The molecule has 3 aromatic heterocycles. The number of hydrogen-bond acceptors (Lipinski definition) is 7. The summed E-state index contributed by atoms with van der Waals surface area (Å²) in [7, 11) is 0. The molecule has 1 aliphatic rings. The van der Waals surface area contributed by atoms with Gasteiger partial charge in [-0.2, -0.15) is 0 Å². The molecule has 136 valence electrons. The van der Waals surface area contributed by atoms with E-state index in [2.05, 4.69) is 20.3 Å². The van der Waals surface area contributed by atoms with E-state index < -0.39 is 6.35 Å². The molecule has 0 aliphatic carbocycles. The second kappa shape index (κ2) is 7.43. The van der Waals surface area contributed by atoms with Crippen LogP contribution in [0.2, 0.25) is 0 Å². The molecule has 3 aromatic rings. The highest BCUT2D eigenvalue weighted by atomic mass is 16.5. The van der Waals surface area contributed by atoms with Crippen molar-refractivity contribution in [2.75, 3.05) is 5.32 Å². The highest BCUT2D eigenvalue weighted by Gasteiger charge is 2.24. The van der Waals surface area contributed by atoms with Crippen LogP contribution in [-0.4, -0.2) is 26.2 Å². The number of aromatic nitrogens is 3. The van der Waals surface area contributed by atoms with E-state index in [1.54, 1.807) is 18.6 Å². The largest absolute Gasteiger partial charge is 0.454 e. The Morgan fingerprint density at radius 1 is 1.11 bits per heavy atom. The van der Waals surface area contributed by atoms with Gasteiger partial charge in [0.2, 0.25) is 6.35 Å². The molecule has 1 atom stereocenters. The molecule has 0 fully saturated rings. The number of ether oxygens (including phenoxy) is 1. The summed E-state index contributed by atoms with van der Waals surface area (Å²) >= 11 is 0. The first kappa shape index (κ1) is 17.0. The lowest BCUT2D eigenvalue weighted by molar-refractivity contribution is 0.0696. The summed E-state index contributed by atoms with van der Waals surface area (Å²) in [4.78, 5) is 14.9. The zero-order chi connectivity index (χ0) is 18.6. The normalized spacial score (nSPS) is 16.0. The SMILES string of the molecule is Cc1ccnc(Nc2cccc(C3=CN(Cc4ccncc4)C(N)O3)n2)c1. The van der Waals surface area contributed by atoms with E-state index >= 15 is 0 Å². The summed E-state index contributed by atoms with van der Waals surface area (Å²) in [5.41, 5.74) is 9.06. The highest BCUT2D eigenvalue weighted by molar-refractivity contribution is 5.61. The predicted molar refractivity (Wildman–Crippen MR) is 103 cm³/mol. The van der Waals surface area contributed by atoms with Crippen molar-refractivity contribution in [1.29, 1.82) is 0 Å². The third kappa shape index (κ3) is 4.04. The van der Waals surface area contributed by atoms with Gasteiger partial charge in [0, 0.05) is 31.3 Å². The van der Waals surface area contributed by atoms with E-state index in [-0.39, 0.29) is 0 Å². The van der Waals surface area contributed by atoms with E-state index in [4.69, 9.17) is 10.5 Å². The Labute approximate surface area is 157 Å². The fourth-order valence-electron chi connectivity index (χ4n) is 2.79. The molecule has 0 aromatic carbocycles. The van der Waals surface area contributed by atoms with Gasteiger partial charge in [0.1, 0.15) is 17.3 Å². The lowest BCUT2D eigenvalue weighted by Gasteiger charge is -2.20. The molecule has 27 heavy (non-hydrogen) atoms. The molecule has 1 aliphatic heterocycles. The molecule has 0 amide bonds. The van der Waals surface area contributed by atoms with Crippen LogP contribution in [0, 0.1) is 6.92 Å². The molecule has 3 N–H and O–H groups in total. The molecule has 7 heteroatoms. The van der Waals surface area contributed by atoms with Crippen LogP contribution in [0.5, 0.6) is 0 Å². The van der Waals surface area contributed by atoms with Crippen molar-refractivity contribution >= 4 is 17.4 Å². The van der Waals surface area contributed by atoms with Crippen LogP contribution in [-0.2, 0) is 11.3 Å². The molecule has 0 radical (unpaired) electrons. The first-order chi connectivity index (χ1) is 13.2. The van der Waals surface area contributed by atoms with Gasteiger partial charge in [0.05, 0.1) is 0 Å². The molecule has 7 nitrogen and oxygen atoms in total. The Morgan fingerprint density at radius 2 is 1.96 bits per heavy atom. The summed E-state index contributed by atoms with van der Waals surface area (Å²) < 4.78 is 5.80. The number of pyridine rings is 3. The molecule has 4 rings (SSSR count). The van der Waals surface area contributed by atoms with E-state index in [9.17, 15) is 0 Å². The van der Waals surface area contributed by atoms with Crippen LogP contribution in [0.4, 0.5) is 11.6 Å². The zero-order valence-corrected chi connectivity index (χ0v) is 14.9. The van der Waals surface area contributed by atoms with Gasteiger partial charge >= 0.3 is 0 Å². The Balaban J connectivity index is 1.52. The Hall–Kier alpha value is -3.45. The summed E-state index contributed by atoms with van der Waals surface area (Å²) in [5, 5.41) is 3.21. The van der Waals surface area contributed by atoms with Crippen LogP contribution >= 0.6 is 0 Å². The van der Waals surface area contributed by atoms with Crippen molar-refractivity contribution in [1.82, 2.24) is 19.9 Å². The van der Waals surface area contributed by atoms with Gasteiger partial charge < -0.3 is 15.0 Å². The van der Waals surface area contributed by atoms with Crippen molar-refractivity contribution in [2.24, 2.45) is 5.73 Å². The number of nitrogens with one attached hydrogen (secondary N) is 1. The van der Waals surface area contributed by atoms with Crippen LogP contribution < -0.4 is 11.1 Å². The zero-order valence-electron chi connectivity index (χ0n) is 14.9. The third-order valence-corrected chi connectivity index (χ3v) is 4.15. The van der Waals surface area contributed by atoms with Gasteiger partial charge in [0.25, 0.3) is 0 Å². The monoisotopic (exact) mass is 360 g/mol. The van der Waals surface area contributed by atoms with Gasteiger partial charge in [-0.1, -0.05) is 6.07 Å². The Kier molecular flexibility index (Phi) is 4.67. The number of aryl methyl sites for hydroxylation is 1. The standard InChI is InChI=1S/C20H20N6O/c1-14-5-10-23-19(11-14)25-18-4-2-3-16(24-18)17-13-26(20(21)27-17)12-15-6-8-22-9-7-15/h2-11,13,20H,12,21H2,1H3,(H,23,24,25). The minimum atomic E-state index is -0.551. The van der Waals surface area contributed by atoms with E-state index in [1.165, 1.54) is 0 Å². The summed E-state index contributed by atoms with van der Waals surface area (Å²) in [6.07, 6.45) is 6.63. The van der Waals surface area contributed by atoms with Crippen LogP contribution in [0.25, 0.3) is 5.76 Å². The number of anilines is 2. The van der Waals surface area contributed by atoms with E-state index in [0.29, 0.717) is 23.8 Å². The van der Waals surface area contributed by atoms with Crippen molar-refractivity contribution in [2.45, 2.75) is 19.8 Å². The van der Waals surface area contributed by atoms with Gasteiger partial charge in [-0.15, -0.1) is 0 Å². The van der Waals surface area contributed by atoms with Gasteiger partial charge in [-0.25, -0.2) is 9.97 Å². The first-order valence-corrected chi connectivity index (χ1v) is 8.63.